The van der Waals surface area contributed by atoms with E-state index in [9.17, 15) is 4.79 Å². The molecule has 0 saturated heterocycles. The third kappa shape index (κ3) is 2.95. The molecule has 0 radical (unpaired) electrons. The Kier molecular flexibility index (Phi) is 3.68. The molecule has 0 saturated carbocycles. The fraction of sp³-hybridized carbons (Fsp3) is 0.357. The Labute approximate surface area is 91.5 Å². The molecule has 0 aromatic heterocycles. The molecule has 0 aliphatic carbocycles. The first-order valence-corrected chi connectivity index (χ1v) is 5.11. The van der Waals surface area contributed by atoms with Gasteiger partial charge in [-0.15, -0.1) is 12.3 Å². The van der Waals surface area contributed by atoms with E-state index in [1.54, 1.807) is 0 Å². The van der Waals surface area contributed by atoms with Crippen molar-refractivity contribution in [3.05, 3.63) is 35.9 Å². The summed E-state index contributed by atoms with van der Waals surface area (Å²) in [6, 6.07) is 9.36. The molecule has 15 heavy (non-hydrogen) atoms. The minimum absolute atomic E-state index is 0.165. The Morgan fingerprint density at radius 2 is 1.93 bits per heavy atom. The highest BCUT2D eigenvalue weighted by atomic mass is 16.1. The van der Waals surface area contributed by atoms with Gasteiger partial charge < -0.3 is 0 Å². The summed E-state index contributed by atoms with van der Waals surface area (Å²) in [6.45, 7) is 3.89. The van der Waals surface area contributed by atoms with Crippen LogP contribution in [0, 0.1) is 17.8 Å². The van der Waals surface area contributed by atoms with E-state index in [2.05, 4.69) is 5.92 Å². The zero-order chi connectivity index (χ0) is 11.3. The van der Waals surface area contributed by atoms with E-state index in [0.717, 1.165) is 12.0 Å². The monoisotopic (exact) mass is 200 g/mol. The van der Waals surface area contributed by atoms with Gasteiger partial charge in [0.1, 0.15) is 0 Å². The molecule has 1 heteroatoms. The number of Topliss-reactive ketones (excluding diaryl/α,β-unsaturated/α-hetero) is 1. The fourth-order valence-electron chi connectivity index (χ4n) is 1.48. The highest BCUT2D eigenvalue weighted by Gasteiger charge is 2.27. The number of hydrogen-bond acceptors (Lipinski definition) is 1. The molecule has 0 bridgehead atoms. The lowest BCUT2D eigenvalue weighted by Crippen LogP contribution is -2.24. The van der Waals surface area contributed by atoms with Crippen LogP contribution in [0.4, 0.5) is 0 Å². The van der Waals surface area contributed by atoms with Crippen LogP contribution < -0.4 is 0 Å². The van der Waals surface area contributed by atoms with Crippen molar-refractivity contribution in [3.8, 4) is 12.3 Å². The Morgan fingerprint density at radius 3 is 2.47 bits per heavy atom. The smallest absolute Gasteiger partial charge is 0.168 e. The number of carbonyl (C=O) groups is 1. The van der Waals surface area contributed by atoms with Gasteiger partial charge in [0.15, 0.2) is 5.78 Å². The van der Waals surface area contributed by atoms with Crippen LogP contribution in [0.5, 0.6) is 0 Å². The van der Waals surface area contributed by atoms with E-state index in [0.29, 0.717) is 6.42 Å². The van der Waals surface area contributed by atoms with Crippen LogP contribution in [0.15, 0.2) is 30.3 Å². The number of ketones is 1. The summed E-state index contributed by atoms with van der Waals surface area (Å²) in [5.74, 6) is 2.74. The van der Waals surface area contributed by atoms with Crippen LogP contribution in [0.2, 0.25) is 0 Å². The summed E-state index contributed by atoms with van der Waals surface area (Å²) in [4.78, 5) is 12.1. The maximum atomic E-state index is 12.1. The first-order chi connectivity index (χ1) is 7.08. The van der Waals surface area contributed by atoms with Gasteiger partial charge in [-0.3, -0.25) is 4.79 Å². The van der Waals surface area contributed by atoms with Crippen molar-refractivity contribution < 1.29 is 4.79 Å². The van der Waals surface area contributed by atoms with Crippen molar-refractivity contribution in [2.24, 2.45) is 5.41 Å². The molecule has 1 aromatic carbocycles. The molecule has 0 atom stereocenters. The topological polar surface area (TPSA) is 17.1 Å². The van der Waals surface area contributed by atoms with Gasteiger partial charge in [0.25, 0.3) is 0 Å². The second kappa shape index (κ2) is 4.79. The zero-order valence-corrected chi connectivity index (χ0v) is 9.29. The molecule has 0 spiro atoms. The minimum atomic E-state index is -0.367. The summed E-state index contributed by atoms with van der Waals surface area (Å²) < 4.78 is 0. The highest BCUT2D eigenvalue weighted by Crippen LogP contribution is 2.27. The van der Waals surface area contributed by atoms with Gasteiger partial charge in [0, 0.05) is 17.4 Å². The molecule has 1 aromatic rings. The number of benzene rings is 1. The Morgan fingerprint density at radius 1 is 1.33 bits per heavy atom. The van der Waals surface area contributed by atoms with Crippen molar-refractivity contribution >= 4 is 5.78 Å². The summed E-state index contributed by atoms with van der Waals surface area (Å²) in [7, 11) is 0. The van der Waals surface area contributed by atoms with Gasteiger partial charge in [-0.2, -0.15) is 0 Å². The summed E-state index contributed by atoms with van der Waals surface area (Å²) in [5, 5.41) is 0. The van der Waals surface area contributed by atoms with Crippen LogP contribution in [-0.2, 0) is 0 Å². The summed E-state index contributed by atoms with van der Waals surface area (Å²) in [5.41, 5.74) is 0.396. The molecular formula is C14H16O. The fourth-order valence-corrected chi connectivity index (χ4v) is 1.48. The van der Waals surface area contributed by atoms with Gasteiger partial charge in [-0.1, -0.05) is 44.2 Å². The molecule has 0 aliphatic rings. The van der Waals surface area contributed by atoms with Crippen molar-refractivity contribution in [1.29, 1.82) is 0 Å². The second-order valence-corrected chi connectivity index (χ2v) is 4.28. The van der Waals surface area contributed by atoms with Gasteiger partial charge in [0.2, 0.25) is 0 Å². The van der Waals surface area contributed by atoms with Crippen LogP contribution in [-0.4, -0.2) is 5.78 Å². The predicted molar refractivity (Wildman–Crippen MR) is 62.6 cm³/mol. The molecule has 0 heterocycles. The van der Waals surface area contributed by atoms with E-state index in [1.165, 1.54) is 0 Å². The van der Waals surface area contributed by atoms with Crippen LogP contribution in [0.25, 0.3) is 0 Å². The third-order valence-electron chi connectivity index (χ3n) is 2.54. The second-order valence-electron chi connectivity index (χ2n) is 4.28. The van der Waals surface area contributed by atoms with Gasteiger partial charge in [-0.25, -0.2) is 0 Å². The summed E-state index contributed by atoms with van der Waals surface area (Å²) >= 11 is 0. The van der Waals surface area contributed by atoms with Crippen LogP contribution >= 0.6 is 0 Å². The van der Waals surface area contributed by atoms with Gasteiger partial charge in [-0.05, 0) is 6.42 Å². The molecule has 78 valence electrons. The van der Waals surface area contributed by atoms with Crippen molar-refractivity contribution in [1.82, 2.24) is 0 Å². The molecule has 1 nitrogen and oxygen atoms in total. The van der Waals surface area contributed by atoms with E-state index >= 15 is 0 Å². The predicted octanol–water partition coefficient (Wildman–Crippen LogP) is 3.31. The largest absolute Gasteiger partial charge is 0.294 e. The summed E-state index contributed by atoms with van der Waals surface area (Å²) in [6.07, 6.45) is 6.59. The minimum Gasteiger partial charge on any atom is -0.294 e. The SMILES string of the molecule is C#CCCC(C)(C)C(=O)c1ccccc1. The molecule has 0 fully saturated rings. The Bertz CT molecular complexity index is 368. The highest BCUT2D eigenvalue weighted by molar-refractivity contribution is 5.99. The number of hydrogen-bond donors (Lipinski definition) is 0. The lowest BCUT2D eigenvalue weighted by molar-refractivity contribution is 0.0828. The zero-order valence-electron chi connectivity index (χ0n) is 9.29. The van der Waals surface area contributed by atoms with Crippen LogP contribution in [0.1, 0.15) is 37.0 Å². The molecule has 0 N–H and O–H groups in total. The lowest BCUT2D eigenvalue weighted by Gasteiger charge is -2.21. The van der Waals surface area contributed by atoms with Gasteiger partial charge >= 0.3 is 0 Å². The molecule has 0 unspecified atom stereocenters. The first kappa shape index (κ1) is 11.5. The quantitative estimate of drug-likeness (QED) is 0.538. The first-order valence-electron chi connectivity index (χ1n) is 5.11. The average Bonchev–Trinajstić information content (AvgIpc) is 2.26. The van der Waals surface area contributed by atoms with Crippen molar-refractivity contribution in [2.45, 2.75) is 26.7 Å². The number of carbonyl (C=O) groups excluding carboxylic acids is 1. The Hall–Kier alpha value is -1.55. The standard InChI is InChI=1S/C14H16O/c1-4-5-11-14(2,3)13(15)12-9-7-6-8-10-12/h1,6-10H,5,11H2,2-3H3. The molecule has 0 aliphatic heterocycles. The van der Waals surface area contributed by atoms with E-state index in [1.807, 2.05) is 44.2 Å². The average molecular weight is 200 g/mol. The maximum absolute atomic E-state index is 12.1. The normalized spacial score (nSPS) is 10.7. The molecular weight excluding hydrogens is 184 g/mol. The van der Waals surface area contributed by atoms with E-state index in [-0.39, 0.29) is 11.2 Å². The lowest BCUT2D eigenvalue weighted by atomic mass is 9.80. The third-order valence-corrected chi connectivity index (χ3v) is 2.54. The van der Waals surface area contributed by atoms with Crippen molar-refractivity contribution in [2.75, 3.05) is 0 Å². The Balaban J connectivity index is 2.81. The number of rotatable bonds is 4. The van der Waals surface area contributed by atoms with E-state index in [4.69, 9.17) is 6.42 Å². The molecule has 0 amide bonds. The van der Waals surface area contributed by atoms with Crippen LogP contribution in [0.3, 0.4) is 0 Å². The number of terminal acetylenes is 1. The maximum Gasteiger partial charge on any atom is 0.168 e. The van der Waals surface area contributed by atoms with Gasteiger partial charge in [0.05, 0.1) is 0 Å². The van der Waals surface area contributed by atoms with E-state index < -0.39 is 0 Å². The van der Waals surface area contributed by atoms with Crippen molar-refractivity contribution in [3.63, 3.8) is 0 Å². The molecule has 1 rings (SSSR count).